The van der Waals surface area contributed by atoms with Crippen molar-refractivity contribution in [1.82, 2.24) is 19.8 Å². The van der Waals surface area contributed by atoms with Crippen LogP contribution in [0.5, 0.6) is 0 Å². The van der Waals surface area contributed by atoms with E-state index in [1.54, 1.807) is 0 Å². The fourth-order valence-electron chi connectivity index (χ4n) is 3.76. The van der Waals surface area contributed by atoms with Crippen molar-refractivity contribution in [3.8, 4) is 0 Å². The molecule has 1 saturated heterocycles. The van der Waals surface area contributed by atoms with Crippen molar-refractivity contribution >= 4 is 35.6 Å². The van der Waals surface area contributed by atoms with Crippen LogP contribution in [0, 0.1) is 5.92 Å². The molecule has 1 fully saturated rings. The van der Waals surface area contributed by atoms with Crippen molar-refractivity contribution in [3.05, 3.63) is 49.1 Å². The second-order valence-corrected chi connectivity index (χ2v) is 7.37. The van der Waals surface area contributed by atoms with E-state index in [0.29, 0.717) is 12.0 Å². The molecule has 6 nitrogen and oxygen atoms in total. The van der Waals surface area contributed by atoms with Crippen LogP contribution in [0.2, 0.25) is 0 Å². The molecule has 3 rings (SSSR count). The molecule has 1 N–H and O–H groups in total. The predicted molar refractivity (Wildman–Crippen MR) is 128 cm³/mol. The fraction of sp³-hybridized carbons (Fsp3) is 0.524. The average Bonchev–Trinajstić information content (AvgIpc) is 3.24. The zero-order chi connectivity index (χ0) is 19.1. The van der Waals surface area contributed by atoms with Gasteiger partial charge < -0.3 is 19.7 Å². The maximum atomic E-state index is 4.52. The van der Waals surface area contributed by atoms with Crippen LogP contribution in [0.4, 0.5) is 5.69 Å². The molecule has 28 heavy (non-hydrogen) atoms. The van der Waals surface area contributed by atoms with Gasteiger partial charge in [-0.05, 0) is 30.9 Å². The summed E-state index contributed by atoms with van der Waals surface area (Å²) in [4.78, 5) is 13.4. The summed E-state index contributed by atoms with van der Waals surface area (Å²) in [5, 5.41) is 3.55. The molecule has 2 aromatic rings. The maximum Gasteiger partial charge on any atom is 0.193 e. The third kappa shape index (κ3) is 5.86. The molecule has 154 valence electrons. The smallest absolute Gasteiger partial charge is 0.193 e. The molecule has 7 heteroatoms. The van der Waals surface area contributed by atoms with Crippen LogP contribution in [0.3, 0.4) is 0 Å². The Morgan fingerprint density at radius 3 is 2.79 bits per heavy atom. The highest BCUT2D eigenvalue weighted by molar-refractivity contribution is 14.0. The van der Waals surface area contributed by atoms with E-state index in [9.17, 15) is 0 Å². The number of aliphatic imine (C=N–C) groups is 1. The summed E-state index contributed by atoms with van der Waals surface area (Å²) in [6.45, 7) is 6.29. The van der Waals surface area contributed by atoms with Crippen LogP contribution in [-0.2, 0) is 0 Å². The summed E-state index contributed by atoms with van der Waals surface area (Å²) >= 11 is 0. The van der Waals surface area contributed by atoms with Crippen LogP contribution in [0.25, 0.3) is 0 Å². The van der Waals surface area contributed by atoms with Crippen LogP contribution in [0.15, 0.2) is 54.0 Å². The van der Waals surface area contributed by atoms with E-state index >= 15 is 0 Å². The summed E-state index contributed by atoms with van der Waals surface area (Å²) in [6, 6.07) is 11.0. The Morgan fingerprint density at radius 2 is 2.11 bits per heavy atom. The Bertz CT molecular complexity index is 703. The van der Waals surface area contributed by atoms with Crippen molar-refractivity contribution in [3.63, 3.8) is 0 Å². The third-order valence-electron chi connectivity index (χ3n) is 5.49. The molecular formula is C21H33IN6. The van der Waals surface area contributed by atoms with E-state index in [4.69, 9.17) is 0 Å². The number of para-hydroxylation sites is 1. The Balaban J connectivity index is 0.00000280. The molecule has 0 amide bonds. The lowest BCUT2D eigenvalue weighted by Gasteiger charge is -2.39. The Morgan fingerprint density at radius 1 is 1.32 bits per heavy atom. The lowest BCUT2D eigenvalue weighted by Crippen LogP contribution is -2.49. The number of benzene rings is 1. The molecule has 0 saturated carbocycles. The van der Waals surface area contributed by atoms with E-state index in [1.165, 1.54) is 12.1 Å². The molecule has 1 aliphatic heterocycles. The molecule has 1 aliphatic rings. The first-order valence-electron chi connectivity index (χ1n) is 9.88. The van der Waals surface area contributed by atoms with E-state index in [1.807, 2.05) is 19.6 Å². The lowest BCUT2D eigenvalue weighted by atomic mass is 9.93. The fourth-order valence-corrected chi connectivity index (χ4v) is 3.76. The summed E-state index contributed by atoms with van der Waals surface area (Å²) in [7, 11) is 4.02. The topological polar surface area (TPSA) is 48.7 Å². The minimum Gasteiger partial charge on any atom is -0.375 e. The van der Waals surface area contributed by atoms with E-state index in [2.05, 4.69) is 80.2 Å². The number of guanidine groups is 1. The summed E-state index contributed by atoms with van der Waals surface area (Å²) < 4.78 is 2.24. The average molecular weight is 496 g/mol. The van der Waals surface area contributed by atoms with E-state index < -0.39 is 0 Å². The van der Waals surface area contributed by atoms with Gasteiger partial charge in [-0.25, -0.2) is 4.98 Å². The van der Waals surface area contributed by atoms with Gasteiger partial charge in [-0.1, -0.05) is 25.1 Å². The maximum absolute atomic E-state index is 4.52. The number of nitrogens with zero attached hydrogens (tertiary/aromatic N) is 5. The van der Waals surface area contributed by atoms with Crippen LogP contribution >= 0.6 is 24.0 Å². The van der Waals surface area contributed by atoms with E-state index in [0.717, 1.165) is 38.6 Å². The number of anilines is 1. The predicted octanol–water partition coefficient (Wildman–Crippen LogP) is 3.49. The van der Waals surface area contributed by atoms with Crippen LogP contribution in [-0.4, -0.2) is 60.7 Å². The van der Waals surface area contributed by atoms with Gasteiger partial charge in [0.2, 0.25) is 0 Å². The molecule has 0 bridgehead atoms. The van der Waals surface area contributed by atoms with Gasteiger partial charge in [0.1, 0.15) is 0 Å². The summed E-state index contributed by atoms with van der Waals surface area (Å²) in [6.07, 6.45) is 8.10. The largest absolute Gasteiger partial charge is 0.375 e. The van der Waals surface area contributed by atoms with Crippen molar-refractivity contribution in [2.45, 2.75) is 25.8 Å². The SMILES string of the molecule is CN=C(NCCCN(C)c1ccccc1)N1CCC(C)C(n2ccnc2)C1.I. The number of hydrogen-bond acceptors (Lipinski definition) is 3. The number of rotatable bonds is 6. The number of likely N-dealkylation sites (tertiary alicyclic amines) is 1. The second kappa shape index (κ2) is 11.3. The molecule has 2 heterocycles. The first-order valence-corrected chi connectivity index (χ1v) is 9.88. The van der Waals surface area contributed by atoms with Gasteiger partial charge in [0, 0.05) is 58.4 Å². The molecule has 2 atom stereocenters. The van der Waals surface area contributed by atoms with E-state index in [-0.39, 0.29) is 24.0 Å². The molecule has 0 spiro atoms. The highest BCUT2D eigenvalue weighted by Crippen LogP contribution is 2.27. The zero-order valence-electron chi connectivity index (χ0n) is 17.2. The highest BCUT2D eigenvalue weighted by atomic mass is 127. The number of hydrogen-bond donors (Lipinski definition) is 1. The van der Waals surface area contributed by atoms with Gasteiger partial charge in [0.05, 0.1) is 12.4 Å². The highest BCUT2D eigenvalue weighted by Gasteiger charge is 2.28. The Kier molecular flexibility index (Phi) is 9.08. The zero-order valence-corrected chi connectivity index (χ0v) is 19.5. The quantitative estimate of drug-likeness (QED) is 0.288. The number of piperidine rings is 1. The van der Waals surface area contributed by atoms with Gasteiger partial charge >= 0.3 is 0 Å². The minimum atomic E-state index is 0. The van der Waals surface area contributed by atoms with Crippen molar-refractivity contribution in [2.75, 3.05) is 45.2 Å². The summed E-state index contributed by atoms with van der Waals surface area (Å²) in [5.41, 5.74) is 1.26. The molecule has 0 aliphatic carbocycles. The number of halogens is 1. The first-order chi connectivity index (χ1) is 13.2. The van der Waals surface area contributed by atoms with Crippen LogP contribution < -0.4 is 10.2 Å². The molecule has 1 aromatic carbocycles. The first kappa shape index (κ1) is 22.5. The van der Waals surface area contributed by atoms with Crippen molar-refractivity contribution in [1.29, 1.82) is 0 Å². The van der Waals surface area contributed by atoms with Gasteiger partial charge in [-0.3, -0.25) is 4.99 Å². The lowest BCUT2D eigenvalue weighted by molar-refractivity contribution is 0.189. The monoisotopic (exact) mass is 496 g/mol. The molecule has 0 radical (unpaired) electrons. The standard InChI is InChI=1S/C21H32N6.HI/c1-18-10-14-26(16-20(18)27-15-12-23-17-27)21(22-2)24-11-7-13-25(3)19-8-5-4-6-9-19;/h4-6,8-9,12,15,17-18,20H,7,10-11,13-14,16H2,1-3H3,(H,22,24);1H. The summed E-state index contributed by atoms with van der Waals surface area (Å²) in [5.74, 6) is 1.66. The molecule has 2 unspecified atom stereocenters. The van der Waals surface area contributed by atoms with Gasteiger partial charge in [0.15, 0.2) is 5.96 Å². The normalized spacial score (nSPS) is 19.8. The van der Waals surface area contributed by atoms with Gasteiger partial charge in [-0.2, -0.15) is 0 Å². The molecule has 1 aromatic heterocycles. The third-order valence-corrected chi connectivity index (χ3v) is 5.49. The van der Waals surface area contributed by atoms with Crippen molar-refractivity contribution < 1.29 is 0 Å². The second-order valence-electron chi connectivity index (χ2n) is 7.37. The Labute approximate surface area is 186 Å². The number of aromatic nitrogens is 2. The Hall–Kier alpha value is -1.77. The minimum absolute atomic E-state index is 0. The van der Waals surface area contributed by atoms with Crippen molar-refractivity contribution in [2.24, 2.45) is 10.9 Å². The number of imidazole rings is 1. The molecular weight excluding hydrogens is 463 g/mol. The van der Waals surface area contributed by atoms with Crippen LogP contribution in [0.1, 0.15) is 25.8 Å². The number of nitrogens with one attached hydrogen (secondary N) is 1. The van der Waals surface area contributed by atoms with Gasteiger partial charge in [0.25, 0.3) is 0 Å². The van der Waals surface area contributed by atoms with Gasteiger partial charge in [-0.15, -0.1) is 24.0 Å².